The van der Waals surface area contributed by atoms with E-state index in [4.69, 9.17) is 0 Å². The summed E-state index contributed by atoms with van der Waals surface area (Å²) in [6, 6.07) is 18.1. The third-order valence-corrected chi connectivity index (χ3v) is 3.69. The molecular weight excluding hydrogens is 246 g/mol. The zero-order valence-corrected chi connectivity index (χ0v) is 11.5. The van der Waals surface area contributed by atoms with Gasteiger partial charge < -0.3 is 5.11 Å². The minimum absolute atomic E-state index is 0.498. The number of nitrogens with zero attached hydrogens (tertiary/aromatic N) is 1. The number of aryl methyl sites for hydroxylation is 1. The van der Waals surface area contributed by atoms with E-state index in [0.29, 0.717) is 6.42 Å². The van der Waals surface area contributed by atoms with Crippen molar-refractivity contribution >= 4 is 10.9 Å². The van der Waals surface area contributed by atoms with Crippen molar-refractivity contribution in [2.24, 2.45) is 0 Å². The number of hydrogen-bond acceptors (Lipinski definition) is 2. The van der Waals surface area contributed by atoms with Gasteiger partial charge in [0.25, 0.3) is 0 Å². The summed E-state index contributed by atoms with van der Waals surface area (Å²) in [6.45, 7) is 2.07. The molecular formula is C18H17NO. The third kappa shape index (κ3) is 2.56. The minimum atomic E-state index is -0.498. The Hall–Kier alpha value is -2.19. The summed E-state index contributed by atoms with van der Waals surface area (Å²) < 4.78 is 0. The number of aromatic nitrogens is 1. The molecule has 0 fully saturated rings. The van der Waals surface area contributed by atoms with Crippen LogP contribution in [0.15, 0.2) is 60.8 Å². The van der Waals surface area contributed by atoms with E-state index in [2.05, 4.69) is 24.0 Å². The lowest BCUT2D eigenvalue weighted by Gasteiger charge is -2.13. The number of aliphatic hydroxyl groups is 1. The van der Waals surface area contributed by atoms with Crippen LogP contribution in [-0.2, 0) is 6.42 Å². The summed E-state index contributed by atoms with van der Waals surface area (Å²) in [5, 5.41) is 11.5. The average Bonchev–Trinajstić information content (AvgIpc) is 2.49. The van der Waals surface area contributed by atoms with E-state index < -0.39 is 6.10 Å². The highest BCUT2D eigenvalue weighted by Crippen LogP contribution is 2.23. The molecule has 2 heteroatoms. The maximum absolute atomic E-state index is 10.4. The fourth-order valence-corrected chi connectivity index (χ4v) is 2.46. The summed E-state index contributed by atoms with van der Waals surface area (Å²) in [7, 11) is 0. The Labute approximate surface area is 118 Å². The summed E-state index contributed by atoms with van der Waals surface area (Å²) in [6.07, 6.45) is 1.91. The molecule has 1 N–H and O–H groups in total. The number of fused-ring (bicyclic) bond motifs is 1. The van der Waals surface area contributed by atoms with Crippen LogP contribution in [0.1, 0.15) is 22.8 Å². The quantitative estimate of drug-likeness (QED) is 0.779. The monoisotopic (exact) mass is 263 g/mol. The molecule has 1 unspecified atom stereocenters. The second-order valence-corrected chi connectivity index (χ2v) is 5.10. The van der Waals surface area contributed by atoms with Crippen LogP contribution >= 0.6 is 0 Å². The Kier molecular flexibility index (Phi) is 3.48. The van der Waals surface area contributed by atoms with E-state index in [1.807, 2.05) is 42.5 Å². The molecule has 2 aromatic carbocycles. The smallest absolute Gasteiger partial charge is 0.0831 e. The molecule has 1 aromatic heterocycles. The van der Waals surface area contributed by atoms with Crippen molar-refractivity contribution in [1.82, 2.24) is 4.98 Å². The van der Waals surface area contributed by atoms with Crippen molar-refractivity contribution in [2.45, 2.75) is 19.4 Å². The lowest BCUT2D eigenvalue weighted by atomic mass is 9.97. The van der Waals surface area contributed by atoms with Gasteiger partial charge in [-0.2, -0.15) is 0 Å². The zero-order chi connectivity index (χ0) is 13.9. The molecule has 2 nitrogen and oxygen atoms in total. The molecule has 0 bridgehead atoms. The van der Waals surface area contributed by atoms with Gasteiger partial charge in [0, 0.05) is 18.0 Å². The molecule has 0 saturated carbocycles. The second kappa shape index (κ2) is 5.43. The van der Waals surface area contributed by atoms with E-state index in [0.717, 1.165) is 16.5 Å². The van der Waals surface area contributed by atoms with Crippen LogP contribution in [0.2, 0.25) is 0 Å². The SMILES string of the molecule is Cc1ccccc1CC(O)c1ccc2cccnc2c1. The van der Waals surface area contributed by atoms with Crippen LogP contribution in [0.3, 0.4) is 0 Å². The third-order valence-electron chi connectivity index (χ3n) is 3.69. The molecule has 1 atom stereocenters. The Bertz CT molecular complexity index is 736. The Morgan fingerprint density at radius 3 is 2.75 bits per heavy atom. The lowest BCUT2D eigenvalue weighted by molar-refractivity contribution is 0.178. The van der Waals surface area contributed by atoms with Gasteiger partial charge in [0.1, 0.15) is 0 Å². The zero-order valence-electron chi connectivity index (χ0n) is 11.5. The number of hydrogen-bond donors (Lipinski definition) is 1. The van der Waals surface area contributed by atoms with Gasteiger partial charge in [-0.3, -0.25) is 4.98 Å². The van der Waals surface area contributed by atoms with Crippen LogP contribution in [0.25, 0.3) is 10.9 Å². The first-order chi connectivity index (χ1) is 9.74. The van der Waals surface area contributed by atoms with Crippen molar-refractivity contribution in [3.8, 4) is 0 Å². The van der Waals surface area contributed by atoms with Crippen molar-refractivity contribution in [3.05, 3.63) is 77.5 Å². The predicted molar refractivity (Wildman–Crippen MR) is 81.6 cm³/mol. The number of benzene rings is 2. The molecule has 0 saturated heterocycles. The minimum Gasteiger partial charge on any atom is -0.388 e. The predicted octanol–water partition coefficient (Wildman–Crippen LogP) is 3.82. The van der Waals surface area contributed by atoms with E-state index in [1.54, 1.807) is 6.20 Å². The maximum atomic E-state index is 10.4. The first-order valence-electron chi connectivity index (χ1n) is 6.81. The molecule has 3 rings (SSSR count). The van der Waals surface area contributed by atoms with Crippen molar-refractivity contribution in [1.29, 1.82) is 0 Å². The average molecular weight is 263 g/mol. The van der Waals surface area contributed by atoms with Crippen LogP contribution in [0.5, 0.6) is 0 Å². The molecule has 100 valence electrons. The highest BCUT2D eigenvalue weighted by Gasteiger charge is 2.10. The van der Waals surface area contributed by atoms with Crippen LogP contribution in [-0.4, -0.2) is 10.1 Å². The van der Waals surface area contributed by atoms with Gasteiger partial charge >= 0.3 is 0 Å². The van der Waals surface area contributed by atoms with Crippen LogP contribution in [0, 0.1) is 6.92 Å². The van der Waals surface area contributed by atoms with Gasteiger partial charge in [-0.1, -0.05) is 42.5 Å². The molecule has 0 aliphatic heterocycles. The standard InChI is InChI=1S/C18H17NO/c1-13-5-2-3-6-15(13)12-18(20)16-9-8-14-7-4-10-19-17(14)11-16/h2-11,18,20H,12H2,1H3. The summed E-state index contributed by atoms with van der Waals surface area (Å²) >= 11 is 0. The highest BCUT2D eigenvalue weighted by molar-refractivity contribution is 5.78. The Morgan fingerprint density at radius 2 is 1.90 bits per heavy atom. The molecule has 0 aliphatic rings. The topological polar surface area (TPSA) is 33.1 Å². The van der Waals surface area contributed by atoms with Crippen LogP contribution in [0.4, 0.5) is 0 Å². The van der Waals surface area contributed by atoms with Gasteiger partial charge in [0.05, 0.1) is 11.6 Å². The van der Waals surface area contributed by atoms with E-state index in [-0.39, 0.29) is 0 Å². The fourth-order valence-electron chi connectivity index (χ4n) is 2.46. The molecule has 0 aliphatic carbocycles. The molecule has 0 spiro atoms. The van der Waals surface area contributed by atoms with Crippen LogP contribution < -0.4 is 0 Å². The van der Waals surface area contributed by atoms with E-state index in [9.17, 15) is 5.11 Å². The van der Waals surface area contributed by atoms with Crippen molar-refractivity contribution in [3.63, 3.8) is 0 Å². The maximum Gasteiger partial charge on any atom is 0.0831 e. The lowest BCUT2D eigenvalue weighted by Crippen LogP contribution is -2.03. The molecule has 0 amide bonds. The summed E-state index contributed by atoms with van der Waals surface area (Å²) in [5.74, 6) is 0. The van der Waals surface area contributed by atoms with Gasteiger partial charge in [0.15, 0.2) is 0 Å². The second-order valence-electron chi connectivity index (χ2n) is 5.10. The number of pyridine rings is 1. The molecule has 0 radical (unpaired) electrons. The summed E-state index contributed by atoms with van der Waals surface area (Å²) in [5.41, 5.74) is 4.24. The molecule has 1 heterocycles. The van der Waals surface area contributed by atoms with Gasteiger partial charge in [-0.05, 0) is 35.7 Å². The molecule has 3 aromatic rings. The normalized spacial score (nSPS) is 12.5. The Morgan fingerprint density at radius 1 is 1.05 bits per heavy atom. The van der Waals surface area contributed by atoms with Crippen molar-refractivity contribution in [2.75, 3.05) is 0 Å². The number of aliphatic hydroxyl groups excluding tert-OH is 1. The molecule has 20 heavy (non-hydrogen) atoms. The van der Waals surface area contributed by atoms with Gasteiger partial charge in [0.2, 0.25) is 0 Å². The van der Waals surface area contributed by atoms with E-state index >= 15 is 0 Å². The largest absolute Gasteiger partial charge is 0.388 e. The van der Waals surface area contributed by atoms with Crippen molar-refractivity contribution < 1.29 is 5.11 Å². The fraction of sp³-hybridized carbons (Fsp3) is 0.167. The van der Waals surface area contributed by atoms with E-state index in [1.165, 1.54) is 11.1 Å². The summed E-state index contributed by atoms with van der Waals surface area (Å²) in [4.78, 5) is 4.34. The number of rotatable bonds is 3. The first-order valence-corrected chi connectivity index (χ1v) is 6.81. The highest BCUT2D eigenvalue weighted by atomic mass is 16.3. The Balaban J connectivity index is 1.89. The van der Waals surface area contributed by atoms with Gasteiger partial charge in [-0.25, -0.2) is 0 Å². The van der Waals surface area contributed by atoms with Gasteiger partial charge in [-0.15, -0.1) is 0 Å². The first kappa shape index (κ1) is 12.8.